The first kappa shape index (κ1) is 13.6. The third kappa shape index (κ3) is 4.14. The van der Waals surface area contributed by atoms with Gasteiger partial charge in [-0.15, -0.1) is 0 Å². The van der Waals surface area contributed by atoms with Crippen LogP contribution in [0.4, 0.5) is 13.2 Å². The highest BCUT2D eigenvalue weighted by atomic mass is 32.2. The van der Waals surface area contributed by atoms with Crippen molar-refractivity contribution < 1.29 is 18.0 Å². The van der Waals surface area contributed by atoms with E-state index < -0.39 is 17.7 Å². The fraction of sp³-hybridized carbons (Fsp3) is 0.182. The summed E-state index contributed by atoms with van der Waals surface area (Å²) in [6, 6.07) is 7.21. The molecule has 0 aliphatic carbocycles. The van der Waals surface area contributed by atoms with E-state index in [0.29, 0.717) is 6.08 Å². The maximum Gasteiger partial charge on any atom is 0.417 e. The van der Waals surface area contributed by atoms with Gasteiger partial charge >= 0.3 is 6.18 Å². The molecule has 1 aromatic rings. The second kappa shape index (κ2) is 5.77. The molecule has 0 aliphatic heterocycles. The largest absolute Gasteiger partial charge is 0.417 e. The Morgan fingerprint density at radius 2 is 1.88 bits per heavy atom. The number of nitrogens with one attached hydrogen (secondary N) is 1. The van der Waals surface area contributed by atoms with Gasteiger partial charge in [0.1, 0.15) is 0 Å². The van der Waals surface area contributed by atoms with E-state index >= 15 is 0 Å². The van der Waals surface area contributed by atoms with E-state index in [4.69, 9.17) is 0 Å². The molecule has 0 saturated carbocycles. The van der Waals surface area contributed by atoms with Crippen LogP contribution < -0.4 is 4.72 Å². The first-order valence-electron chi connectivity index (χ1n) is 4.62. The van der Waals surface area contributed by atoms with Crippen LogP contribution in [0.2, 0.25) is 0 Å². The van der Waals surface area contributed by atoms with Crippen molar-refractivity contribution in [2.45, 2.75) is 6.18 Å². The zero-order valence-electron chi connectivity index (χ0n) is 8.91. The van der Waals surface area contributed by atoms with E-state index in [1.807, 2.05) is 0 Å². The minimum atomic E-state index is -4.56. The van der Waals surface area contributed by atoms with E-state index in [0.717, 1.165) is 11.9 Å². The Bertz CT molecular complexity index is 414. The summed E-state index contributed by atoms with van der Waals surface area (Å²) in [5.41, 5.74) is -0.985. The van der Waals surface area contributed by atoms with Crippen molar-refractivity contribution in [3.8, 4) is 0 Å². The molecule has 0 radical (unpaired) electrons. The SMILES string of the molecule is CSNC(=O)/C=C(\c1ccccc1)C(F)(F)F. The second-order valence-electron chi connectivity index (χ2n) is 3.09. The highest BCUT2D eigenvalue weighted by molar-refractivity contribution is 7.97. The van der Waals surface area contributed by atoms with E-state index in [1.54, 1.807) is 12.3 Å². The van der Waals surface area contributed by atoms with Gasteiger partial charge in [-0.2, -0.15) is 13.2 Å². The Kier molecular flexibility index (Phi) is 4.62. The molecule has 1 N–H and O–H groups in total. The summed E-state index contributed by atoms with van der Waals surface area (Å²) in [5.74, 6) is -0.784. The van der Waals surface area contributed by atoms with Crippen molar-refractivity contribution in [1.29, 1.82) is 0 Å². The molecule has 0 bridgehead atoms. The Hall–Kier alpha value is -1.43. The van der Waals surface area contributed by atoms with E-state index in [9.17, 15) is 18.0 Å². The number of hydrogen-bond acceptors (Lipinski definition) is 2. The van der Waals surface area contributed by atoms with Crippen LogP contribution >= 0.6 is 11.9 Å². The number of amides is 1. The van der Waals surface area contributed by atoms with E-state index in [2.05, 4.69) is 4.72 Å². The number of hydrogen-bond donors (Lipinski definition) is 1. The number of carbonyl (C=O) groups excluding carboxylic acids is 1. The average Bonchev–Trinajstić information content (AvgIpc) is 2.26. The molecule has 0 spiro atoms. The molecule has 0 fully saturated rings. The van der Waals surface area contributed by atoms with Gasteiger partial charge in [-0.25, -0.2) is 0 Å². The summed E-state index contributed by atoms with van der Waals surface area (Å²) in [6.07, 6.45) is -2.44. The van der Waals surface area contributed by atoms with E-state index in [-0.39, 0.29) is 5.56 Å². The Morgan fingerprint density at radius 3 is 2.35 bits per heavy atom. The van der Waals surface area contributed by atoms with Gasteiger partial charge < -0.3 is 0 Å². The third-order valence-electron chi connectivity index (χ3n) is 1.87. The van der Waals surface area contributed by atoms with Crippen molar-refractivity contribution in [3.63, 3.8) is 0 Å². The lowest BCUT2D eigenvalue weighted by Gasteiger charge is -2.11. The first-order chi connectivity index (χ1) is 7.95. The lowest BCUT2D eigenvalue weighted by molar-refractivity contribution is -0.115. The lowest BCUT2D eigenvalue weighted by atomic mass is 10.1. The van der Waals surface area contributed by atoms with Gasteiger partial charge in [0, 0.05) is 12.3 Å². The Balaban J connectivity index is 3.10. The normalized spacial score (nSPS) is 12.4. The van der Waals surface area contributed by atoms with Crippen molar-refractivity contribution in [3.05, 3.63) is 42.0 Å². The molecule has 0 aromatic heterocycles. The van der Waals surface area contributed by atoms with Crippen molar-refractivity contribution in [2.24, 2.45) is 0 Å². The molecule has 17 heavy (non-hydrogen) atoms. The molecule has 0 heterocycles. The van der Waals surface area contributed by atoms with Crippen LogP contribution in [0.25, 0.3) is 5.57 Å². The highest BCUT2D eigenvalue weighted by Crippen LogP contribution is 2.33. The molecule has 0 aliphatic rings. The van der Waals surface area contributed by atoms with Gasteiger partial charge in [0.25, 0.3) is 5.91 Å². The third-order valence-corrected chi connectivity index (χ3v) is 2.27. The van der Waals surface area contributed by atoms with Gasteiger partial charge in [-0.05, 0) is 5.56 Å². The highest BCUT2D eigenvalue weighted by Gasteiger charge is 2.35. The molecule has 1 rings (SSSR count). The molecule has 0 saturated heterocycles. The maximum absolute atomic E-state index is 12.8. The van der Waals surface area contributed by atoms with E-state index in [1.165, 1.54) is 24.3 Å². The number of carbonyl (C=O) groups is 1. The first-order valence-corrected chi connectivity index (χ1v) is 5.85. The minimum absolute atomic E-state index is 0.0312. The molecular formula is C11H10F3NOS. The number of halogens is 3. The van der Waals surface area contributed by atoms with Crippen LogP contribution in [0, 0.1) is 0 Å². The number of alkyl halides is 3. The zero-order valence-corrected chi connectivity index (χ0v) is 9.73. The van der Waals surface area contributed by atoms with Gasteiger partial charge in [-0.3, -0.25) is 9.52 Å². The predicted octanol–water partition coefficient (Wildman–Crippen LogP) is 3.03. The van der Waals surface area contributed by atoms with Crippen LogP contribution in [-0.4, -0.2) is 18.3 Å². The summed E-state index contributed by atoms with van der Waals surface area (Å²) >= 11 is 0.946. The predicted molar refractivity (Wildman–Crippen MR) is 62.1 cm³/mol. The van der Waals surface area contributed by atoms with Crippen LogP contribution in [-0.2, 0) is 4.79 Å². The fourth-order valence-corrected chi connectivity index (χ4v) is 1.47. The standard InChI is InChI=1S/C11H10F3NOS/c1-17-15-10(16)7-9(11(12,13)14)8-5-3-2-4-6-8/h2-7H,1H3,(H,15,16)/b9-7+. The van der Waals surface area contributed by atoms with Crippen LogP contribution in [0.3, 0.4) is 0 Å². The summed E-state index contributed by atoms with van der Waals surface area (Å²) in [5, 5.41) is 0. The molecule has 1 aromatic carbocycles. The lowest BCUT2D eigenvalue weighted by Crippen LogP contribution is -2.17. The summed E-state index contributed by atoms with van der Waals surface area (Å²) in [4.78, 5) is 11.2. The smallest absolute Gasteiger partial charge is 0.297 e. The monoisotopic (exact) mass is 261 g/mol. The van der Waals surface area contributed by atoms with Gasteiger partial charge in [0.05, 0.1) is 5.57 Å². The Morgan fingerprint density at radius 1 is 1.29 bits per heavy atom. The van der Waals surface area contributed by atoms with Gasteiger partial charge in [0.15, 0.2) is 0 Å². The Labute approximate surface area is 101 Å². The molecule has 2 nitrogen and oxygen atoms in total. The molecule has 6 heteroatoms. The van der Waals surface area contributed by atoms with Crippen molar-refractivity contribution in [2.75, 3.05) is 6.26 Å². The molecule has 0 unspecified atom stereocenters. The fourth-order valence-electron chi connectivity index (χ4n) is 1.21. The summed E-state index contributed by atoms with van der Waals surface area (Å²) in [7, 11) is 0. The molecule has 0 atom stereocenters. The quantitative estimate of drug-likeness (QED) is 0.669. The zero-order chi connectivity index (χ0) is 12.9. The van der Waals surface area contributed by atoms with Crippen LogP contribution in [0.15, 0.2) is 36.4 Å². The van der Waals surface area contributed by atoms with Crippen molar-refractivity contribution >= 4 is 23.4 Å². The number of allylic oxidation sites excluding steroid dienone is 1. The average molecular weight is 261 g/mol. The molecule has 92 valence electrons. The van der Waals surface area contributed by atoms with Crippen LogP contribution in [0.5, 0.6) is 0 Å². The molecule has 1 amide bonds. The van der Waals surface area contributed by atoms with Gasteiger partial charge in [-0.1, -0.05) is 42.3 Å². The minimum Gasteiger partial charge on any atom is -0.297 e. The van der Waals surface area contributed by atoms with Gasteiger partial charge in [0.2, 0.25) is 0 Å². The van der Waals surface area contributed by atoms with Crippen molar-refractivity contribution in [1.82, 2.24) is 4.72 Å². The number of benzene rings is 1. The molecular weight excluding hydrogens is 251 g/mol. The summed E-state index contributed by atoms with van der Waals surface area (Å²) in [6.45, 7) is 0. The number of rotatable bonds is 3. The summed E-state index contributed by atoms with van der Waals surface area (Å²) < 4.78 is 40.5. The van der Waals surface area contributed by atoms with Crippen LogP contribution in [0.1, 0.15) is 5.56 Å². The maximum atomic E-state index is 12.8. The topological polar surface area (TPSA) is 29.1 Å². The second-order valence-corrected chi connectivity index (χ2v) is 3.70.